The molecule has 1 aliphatic rings. The van der Waals surface area contributed by atoms with Crippen LogP contribution >= 0.6 is 0 Å². The van der Waals surface area contributed by atoms with Gasteiger partial charge in [0.05, 0.1) is 0 Å². The molecule has 1 fully saturated rings. The van der Waals surface area contributed by atoms with Crippen LogP contribution in [0.1, 0.15) is 51.0 Å². The second-order valence-corrected chi connectivity index (χ2v) is 8.57. The van der Waals surface area contributed by atoms with Crippen molar-refractivity contribution in [3.63, 3.8) is 0 Å². The third-order valence-electron chi connectivity index (χ3n) is 4.79. The lowest BCUT2D eigenvalue weighted by Gasteiger charge is -2.30. The van der Waals surface area contributed by atoms with Gasteiger partial charge in [-0.05, 0) is 30.7 Å². The van der Waals surface area contributed by atoms with Crippen molar-refractivity contribution in [1.29, 1.82) is 0 Å². The third-order valence-corrected chi connectivity index (χ3v) is 6.53. The Morgan fingerprint density at radius 2 is 2.08 bits per heavy atom. The highest BCUT2D eigenvalue weighted by Crippen LogP contribution is 2.23. The molecule has 24 heavy (non-hydrogen) atoms. The lowest BCUT2D eigenvalue weighted by atomic mass is 9.95. The SMILES string of the molecule is CCS(=O)C1CCCC(NC(=NC)NCC(C)c2ccccc2)C1. The van der Waals surface area contributed by atoms with Crippen LogP contribution in [-0.2, 0) is 10.8 Å². The first-order valence-corrected chi connectivity index (χ1v) is 10.4. The summed E-state index contributed by atoms with van der Waals surface area (Å²) in [6, 6.07) is 10.9. The molecule has 4 atom stereocenters. The Balaban J connectivity index is 1.83. The first-order chi connectivity index (χ1) is 11.6. The van der Waals surface area contributed by atoms with Gasteiger partial charge in [0.1, 0.15) is 0 Å². The largest absolute Gasteiger partial charge is 0.356 e. The maximum absolute atomic E-state index is 12.1. The minimum absolute atomic E-state index is 0.336. The van der Waals surface area contributed by atoms with E-state index < -0.39 is 10.8 Å². The summed E-state index contributed by atoms with van der Waals surface area (Å²) in [5, 5.41) is 7.30. The molecule has 1 aromatic rings. The Hall–Kier alpha value is -1.36. The van der Waals surface area contributed by atoms with Gasteiger partial charge in [-0.1, -0.05) is 50.6 Å². The van der Waals surface area contributed by atoms with Crippen LogP contribution in [0.15, 0.2) is 35.3 Å². The zero-order chi connectivity index (χ0) is 17.4. The molecule has 134 valence electrons. The van der Waals surface area contributed by atoms with E-state index in [9.17, 15) is 4.21 Å². The first-order valence-electron chi connectivity index (χ1n) is 9.03. The highest BCUT2D eigenvalue weighted by Gasteiger charge is 2.26. The molecule has 5 heteroatoms. The van der Waals surface area contributed by atoms with Crippen LogP contribution < -0.4 is 10.6 Å². The highest BCUT2D eigenvalue weighted by molar-refractivity contribution is 7.85. The predicted octanol–water partition coefficient (Wildman–Crippen LogP) is 3.03. The summed E-state index contributed by atoms with van der Waals surface area (Å²) in [5.41, 5.74) is 1.33. The number of nitrogens with zero attached hydrogens (tertiary/aromatic N) is 1. The van der Waals surface area contributed by atoms with Crippen LogP contribution in [0.3, 0.4) is 0 Å². The second-order valence-electron chi connectivity index (χ2n) is 6.56. The fourth-order valence-electron chi connectivity index (χ4n) is 3.29. The van der Waals surface area contributed by atoms with Crippen LogP contribution in [0.4, 0.5) is 0 Å². The average molecular weight is 350 g/mol. The second kappa shape index (κ2) is 9.82. The molecular formula is C19H31N3OS. The zero-order valence-corrected chi connectivity index (χ0v) is 15.9. The van der Waals surface area contributed by atoms with Crippen molar-refractivity contribution in [1.82, 2.24) is 10.6 Å². The number of rotatable bonds is 6. The Kier molecular flexibility index (Phi) is 7.76. The van der Waals surface area contributed by atoms with Crippen molar-refractivity contribution < 1.29 is 4.21 Å². The quantitative estimate of drug-likeness (QED) is 0.613. The lowest BCUT2D eigenvalue weighted by Crippen LogP contribution is -2.47. The summed E-state index contributed by atoms with van der Waals surface area (Å²) in [5.74, 6) is 2.04. The Bertz CT molecular complexity index is 547. The van der Waals surface area contributed by atoms with Crippen molar-refractivity contribution in [3.8, 4) is 0 Å². The van der Waals surface area contributed by atoms with Gasteiger partial charge in [-0.25, -0.2) is 0 Å². The summed E-state index contributed by atoms with van der Waals surface area (Å²) in [4.78, 5) is 4.36. The minimum atomic E-state index is -0.687. The minimum Gasteiger partial charge on any atom is -0.356 e. The van der Waals surface area contributed by atoms with Gasteiger partial charge in [-0.2, -0.15) is 0 Å². The molecule has 0 amide bonds. The van der Waals surface area contributed by atoms with Gasteiger partial charge in [0.2, 0.25) is 0 Å². The number of hydrogen-bond acceptors (Lipinski definition) is 2. The summed E-state index contributed by atoms with van der Waals surface area (Å²) in [6.45, 7) is 5.08. The zero-order valence-electron chi connectivity index (χ0n) is 15.1. The molecule has 2 N–H and O–H groups in total. The van der Waals surface area contributed by atoms with Gasteiger partial charge in [0.15, 0.2) is 5.96 Å². The van der Waals surface area contributed by atoms with Crippen molar-refractivity contribution in [3.05, 3.63) is 35.9 Å². The monoisotopic (exact) mass is 349 g/mol. The molecule has 1 aliphatic carbocycles. The van der Waals surface area contributed by atoms with Gasteiger partial charge in [0, 0.05) is 41.4 Å². The van der Waals surface area contributed by atoms with Crippen molar-refractivity contribution in [2.45, 2.75) is 56.7 Å². The van der Waals surface area contributed by atoms with E-state index in [-0.39, 0.29) is 0 Å². The van der Waals surface area contributed by atoms with Crippen molar-refractivity contribution in [2.75, 3.05) is 19.3 Å². The molecular weight excluding hydrogens is 318 g/mol. The van der Waals surface area contributed by atoms with E-state index in [1.165, 1.54) is 5.56 Å². The van der Waals surface area contributed by atoms with Gasteiger partial charge in [0.25, 0.3) is 0 Å². The fourth-order valence-corrected chi connectivity index (χ4v) is 4.64. The third kappa shape index (κ3) is 5.62. The number of hydrogen-bond donors (Lipinski definition) is 2. The molecule has 0 aromatic heterocycles. The Labute approximate surface area is 149 Å². The normalized spacial score (nSPS) is 24.2. The van der Waals surface area contributed by atoms with E-state index in [2.05, 4.69) is 46.8 Å². The topological polar surface area (TPSA) is 53.5 Å². The highest BCUT2D eigenvalue weighted by atomic mass is 32.2. The van der Waals surface area contributed by atoms with Crippen molar-refractivity contribution in [2.24, 2.45) is 4.99 Å². The molecule has 0 bridgehead atoms. The molecule has 4 nitrogen and oxygen atoms in total. The predicted molar refractivity (Wildman–Crippen MR) is 104 cm³/mol. The van der Waals surface area contributed by atoms with Gasteiger partial charge in [-0.3, -0.25) is 9.20 Å². The maximum Gasteiger partial charge on any atom is 0.191 e. The number of nitrogens with one attached hydrogen (secondary N) is 2. The van der Waals surface area contributed by atoms with Crippen LogP contribution in [-0.4, -0.2) is 40.8 Å². The lowest BCUT2D eigenvalue weighted by molar-refractivity contribution is 0.413. The molecule has 4 unspecified atom stereocenters. The van der Waals surface area contributed by atoms with E-state index >= 15 is 0 Å². The molecule has 0 heterocycles. The average Bonchev–Trinajstić information content (AvgIpc) is 2.65. The van der Waals surface area contributed by atoms with Gasteiger partial charge < -0.3 is 10.6 Å². The van der Waals surface area contributed by atoms with E-state index in [4.69, 9.17) is 0 Å². The molecule has 1 aromatic carbocycles. The molecule has 0 radical (unpaired) electrons. The van der Waals surface area contributed by atoms with Crippen LogP contribution in [0.25, 0.3) is 0 Å². The maximum atomic E-state index is 12.1. The Morgan fingerprint density at radius 3 is 2.75 bits per heavy atom. The van der Waals surface area contributed by atoms with E-state index in [1.54, 1.807) is 0 Å². The van der Waals surface area contributed by atoms with E-state index in [0.29, 0.717) is 17.2 Å². The molecule has 2 rings (SSSR count). The van der Waals surface area contributed by atoms with E-state index in [0.717, 1.165) is 43.9 Å². The molecule has 0 saturated heterocycles. The summed E-state index contributed by atoms with van der Waals surface area (Å²) >= 11 is 0. The van der Waals surface area contributed by atoms with Crippen LogP contribution in [0, 0.1) is 0 Å². The van der Waals surface area contributed by atoms with E-state index in [1.807, 2.05) is 20.0 Å². The van der Waals surface area contributed by atoms with Crippen molar-refractivity contribution >= 4 is 16.8 Å². The van der Waals surface area contributed by atoms with Gasteiger partial charge >= 0.3 is 0 Å². The number of aliphatic imine (C=N–C) groups is 1. The molecule has 0 spiro atoms. The molecule has 1 saturated carbocycles. The number of benzene rings is 1. The summed E-state index contributed by atoms with van der Waals surface area (Å²) in [7, 11) is 1.13. The van der Waals surface area contributed by atoms with Gasteiger partial charge in [-0.15, -0.1) is 0 Å². The van der Waals surface area contributed by atoms with Crippen LogP contribution in [0.5, 0.6) is 0 Å². The fraction of sp³-hybridized carbons (Fsp3) is 0.632. The first kappa shape index (κ1) is 19.0. The number of guanidine groups is 1. The summed E-state index contributed by atoms with van der Waals surface area (Å²) < 4.78 is 12.1. The Morgan fingerprint density at radius 1 is 1.33 bits per heavy atom. The standard InChI is InChI=1S/C19H31N3OS/c1-4-24(23)18-12-8-11-17(13-18)22-19(20-3)21-14-15(2)16-9-6-5-7-10-16/h5-7,9-10,15,17-18H,4,8,11-14H2,1-3H3,(H2,20,21,22). The smallest absolute Gasteiger partial charge is 0.191 e. The summed E-state index contributed by atoms with van der Waals surface area (Å²) in [6.07, 6.45) is 4.35. The van der Waals surface area contributed by atoms with Crippen LogP contribution in [0.2, 0.25) is 0 Å². The molecule has 0 aliphatic heterocycles.